The van der Waals surface area contributed by atoms with Gasteiger partial charge in [0.05, 0.1) is 5.69 Å². The Morgan fingerprint density at radius 1 is 1.47 bits per heavy atom. The van der Waals surface area contributed by atoms with Crippen LogP contribution in [-0.2, 0) is 13.5 Å². The highest BCUT2D eigenvalue weighted by atomic mass is 35.5. The number of aromatic nitrogens is 2. The van der Waals surface area contributed by atoms with Gasteiger partial charge in [-0.15, -0.1) is 11.6 Å². The minimum absolute atomic E-state index is 0.172. The molecule has 0 saturated carbocycles. The van der Waals surface area contributed by atoms with Crippen molar-refractivity contribution >= 4 is 23.2 Å². The van der Waals surface area contributed by atoms with Crippen LogP contribution in [0.15, 0.2) is 0 Å². The van der Waals surface area contributed by atoms with E-state index in [0.717, 1.165) is 29.3 Å². The number of hydrogen-bond acceptors (Lipinski definition) is 1. The normalized spacial score (nSPS) is 15.3. The van der Waals surface area contributed by atoms with Crippen LogP contribution < -0.4 is 0 Å². The Balaban J connectivity index is 2.88. The molecular formula is C11H18Cl2N2. The van der Waals surface area contributed by atoms with Gasteiger partial charge in [0, 0.05) is 18.0 Å². The quantitative estimate of drug-likeness (QED) is 0.746. The molecular weight excluding hydrogens is 231 g/mol. The van der Waals surface area contributed by atoms with Gasteiger partial charge in [-0.1, -0.05) is 24.9 Å². The van der Waals surface area contributed by atoms with E-state index in [4.69, 9.17) is 23.2 Å². The lowest BCUT2D eigenvalue weighted by molar-refractivity contribution is 0.496. The number of nitrogens with zero attached hydrogens (tertiary/aromatic N) is 2. The minimum Gasteiger partial charge on any atom is -0.257 e. The largest absolute Gasteiger partial charge is 0.257 e. The molecule has 15 heavy (non-hydrogen) atoms. The first-order chi connectivity index (χ1) is 6.97. The molecule has 0 N–H and O–H groups in total. The molecule has 0 aliphatic carbocycles. The zero-order chi connectivity index (χ0) is 11.6. The van der Waals surface area contributed by atoms with E-state index in [1.54, 1.807) is 4.68 Å². The minimum atomic E-state index is 0.172. The standard InChI is InChI=1S/C11H18Cl2N2/c1-5-9(7(2)12)6-10-8(3)14-15(4)11(10)13/h7,9H,5-6H2,1-4H3. The molecule has 2 atom stereocenters. The van der Waals surface area contributed by atoms with E-state index in [1.807, 2.05) is 20.9 Å². The molecule has 4 heteroatoms. The van der Waals surface area contributed by atoms with Crippen LogP contribution in [0.1, 0.15) is 31.5 Å². The van der Waals surface area contributed by atoms with Crippen molar-refractivity contribution in [1.82, 2.24) is 9.78 Å². The summed E-state index contributed by atoms with van der Waals surface area (Å²) in [5.41, 5.74) is 2.15. The van der Waals surface area contributed by atoms with Crippen LogP contribution in [0.25, 0.3) is 0 Å². The van der Waals surface area contributed by atoms with Gasteiger partial charge in [-0.05, 0) is 26.2 Å². The Morgan fingerprint density at radius 3 is 2.40 bits per heavy atom. The molecule has 1 heterocycles. The molecule has 0 aromatic carbocycles. The lowest BCUT2D eigenvalue weighted by Crippen LogP contribution is -2.14. The maximum absolute atomic E-state index is 6.18. The van der Waals surface area contributed by atoms with E-state index in [1.165, 1.54) is 0 Å². The molecule has 0 spiro atoms. The molecule has 0 aliphatic heterocycles. The predicted octanol–water partition coefficient (Wildman–Crippen LogP) is 3.58. The fourth-order valence-corrected chi connectivity index (χ4v) is 2.32. The van der Waals surface area contributed by atoms with E-state index < -0.39 is 0 Å². The molecule has 1 aromatic rings. The molecule has 0 radical (unpaired) electrons. The van der Waals surface area contributed by atoms with Crippen molar-refractivity contribution in [3.05, 3.63) is 16.4 Å². The third kappa shape index (κ3) is 2.88. The van der Waals surface area contributed by atoms with Gasteiger partial charge in [-0.2, -0.15) is 5.10 Å². The third-order valence-electron chi connectivity index (χ3n) is 2.91. The van der Waals surface area contributed by atoms with Crippen LogP contribution in [0.2, 0.25) is 5.15 Å². The Morgan fingerprint density at radius 2 is 2.07 bits per heavy atom. The fraction of sp³-hybridized carbons (Fsp3) is 0.727. The van der Waals surface area contributed by atoms with Gasteiger partial charge in [0.1, 0.15) is 5.15 Å². The Kier molecular flexibility index (Phi) is 4.47. The van der Waals surface area contributed by atoms with Crippen molar-refractivity contribution < 1.29 is 0 Å². The van der Waals surface area contributed by atoms with Gasteiger partial charge in [0.15, 0.2) is 0 Å². The highest BCUT2D eigenvalue weighted by Gasteiger charge is 2.19. The lowest BCUT2D eigenvalue weighted by atomic mass is 9.94. The van der Waals surface area contributed by atoms with E-state index in [-0.39, 0.29) is 5.38 Å². The number of rotatable bonds is 4. The van der Waals surface area contributed by atoms with E-state index in [0.29, 0.717) is 5.92 Å². The Hall–Kier alpha value is -0.210. The van der Waals surface area contributed by atoms with Crippen molar-refractivity contribution in [3.63, 3.8) is 0 Å². The number of halogens is 2. The summed E-state index contributed by atoms with van der Waals surface area (Å²) in [7, 11) is 1.86. The number of hydrogen-bond donors (Lipinski definition) is 0. The molecule has 0 saturated heterocycles. The van der Waals surface area contributed by atoms with E-state index in [9.17, 15) is 0 Å². The Bertz CT molecular complexity index is 332. The molecule has 0 bridgehead atoms. The summed E-state index contributed by atoms with van der Waals surface area (Å²) >= 11 is 12.3. The highest BCUT2D eigenvalue weighted by Crippen LogP contribution is 2.26. The second kappa shape index (κ2) is 5.22. The van der Waals surface area contributed by atoms with Crippen LogP contribution in [0.5, 0.6) is 0 Å². The van der Waals surface area contributed by atoms with Crippen molar-refractivity contribution in [2.45, 2.75) is 39.0 Å². The van der Waals surface area contributed by atoms with Crippen molar-refractivity contribution in [3.8, 4) is 0 Å². The van der Waals surface area contributed by atoms with Crippen LogP contribution in [0.3, 0.4) is 0 Å². The molecule has 1 aromatic heterocycles. The number of aryl methyl sites for hydroxylation is 2. The monoisotopic (exact) mass is 248 g/mol. The van der Waals surface area contributed by atoms with Crippen molar-refractivity contribution in [2.24, 2.45) is 13.0 Å². The Labute approximate surface area is 102 Å². The van der Waals surface area contributed by atoms with Crippen LogP contribution in [0, 0.1) is 12.8 Å². The summed E-state index contributed by atoms with van der Waals surface area (Å²) in [4.78, 5) is 0. The summed E-state index contributed by atoms with van der Waals surface area (Å²) in [5.74, 6) is 0.465. The zero-order valence-electron chi connectivity index (χ0n) is 9.72. The number of alkyl halides is 1. The fourth-order valence-electron chi connectivity index (χ4n) is 1.80. The van der Waals surface area contributed by atoms with E-state index in [2.05, 4.69) is 12.0 Å². The van der Waals surface area contributed by atoms with Gasteiger partial charge in [-0.3, -0.25) is 4.68 Å². The van der Waals surface area contributed by atoms with Gasteiger partial charge in [-0.25, -0.2) is 0 Å². The second-order valence-electron chi connectivity index (χ2n) is 4.03. The summed E-state index contributed by atoms with van der Waals surface area (Å²) in [6.45, 7) is 6.19. The predicted molar refractivity (Wildman–Crippen MR) is 65.8 cm³/mol. The molecule has 86 valence electrons. The first kappa shape index (κ1) is 12.9. The van der Waals surface area contributed by atoms with Gasteiger partial charge in [0.25, 0.3) is 0 Å². The molecule has 2 unspecified atom stereocenters. The average molecular weight is 249 g/mol. The third-order valence-corrected chi connectivity index (χ3v) is 3.74. The van der Waals surface area contributed by atoms with Gasteiger partial charge >= 0.3 is 0 Å². The SMILES string of the molecule is CCC(Cc1c(C)nn(C)c1Cl)C(C)Cl. The molecule has 1 rings (SSSR count). The second-order valence-corrected chi connectivity index (χ2v) is 5.07. The zero-order valence-corrected chi connectivity index (χ0v) is 11.2. The summed E-state index contributed by atoms with van der Waals surface area (Å²) in [5, 5.41) is 5.21. The van der Waals surface area contributed by atoms with Crippen LogP contribution >= 0.6 is 23.2 Å². The van der Waals surface area contributed by atoms with Crippen LogP contribution in [0.4, 0.5) is 0 Å². The highest BCUT2D eigenvalue weighted by molar-refractivity contribution is 6.30. The summed E-state index contributed by atoms with van der Waals surface area (Å²) in [6.07, 6.45) is 1.98. The van der Waals surface area contributed by atoms with Gasteiger partial charge in [0.2, 0.25) is 0 Å². The van der Waals surface area contributed by atoms with Crippen LogP contribution in [-0.4, -0.2) is 15.2 Å². The van der Waals surface area contributed by atoms with Crippen molar-refractivity contribution in [2.75, 3.05) is 0 Å². The van der Waals surface area contributed by atoms with E-state index >= 15 is 0 Å². The lowest BCUT2D eigenvalue weighted by Gasteiger charge is -2.16. The summed E-state index contributed by atoms with van der Waals surface area (Å²) in [6, 6.07) is 0. The molecule has 0 aliphatic rings. The maximum atomic E-state index is 6.18. The molecule has 2 nitrogen and oxygen atoms in total. The maximum Gasteiger partial charge on any atom is 0.130 e. The first-order valence-corrected chi connectivity index (χ1v) is 6.10. The first-order valence-electron chi connectivity index (χ1n) is 5.29. The molecule has 0 amide bonds. The molecule has 0 fully saturated rings. The average Bonchev–Trinajstić information content (AvgIpc) is 2.39. The van der Waals surface area contributed by atoms with Crippen molar-refractivity contribution in [1.29, 1.82) is 0 Å². The summed E-state index contributed by atoms with van der Waals surface area (Å²) < 4.78 is 1.72. The van der Waals surface area contributed by atoms with Gasteiger partial charge < -0.3 is 0 Å². The smallest absolute Gasteiger partial charge is 0.130 e. The topological polar surface area (TPSA) is 17.8 Å².